The predicted octanol–water partition coefficient (Wildman–Crippen LogP) is 15.7. The van der Waals surface area contributed by atoms with Gasteiger partial charge in [-0.2, -0.15) is 0 Å². The summed E-state index contributed by atoms with van der Waals surface area (Å²) in [6.07, 6.45) is 10.1. The van der Waals surface area contributed by atoms with Crippen LogP contribution in [0, 0.1) is 5.41 Å². The van der Waals surface area contributed by atoms with Crippen molar-refractivity contribution in [3.63, 3.8) is 0 Å². The first-order valence-corrected chi connectivity index (χ1v) is 38.5. The van der Waals surface area contributed by atoms with Crippen molar-refractivity contribution in [3.05, 3.63) is 275 Å². The molecule has 4 aromatic heterocycles. The number of pyridine rings is 1. The van der Waals surface area contributed by atoms with Crippen LogP contribution in [-0.4, -0.2) is 113 Å². The third kappa shape index (κ3) is 20.4. The summed E-state index contributed by atoms with van der Waals surface area (Å²) in [5.74, 6) is 0.738. The number of aromatic nitrogens is 6. The maximum Gasteiger partial charge on any atom is 0.341 e. The second-order valence-electron chi connectivity index (χ2n) is 26.6. The number of rotatable bonds is 19. The molecule has 5 heterocycles. The summed E-state index contributed by atoms with van der Waals surface area (Å²) in [6.45, 7) is 6.51. The number of benzene rings is 6. The van der Waals surface area contributed by atoms with Crippen molar-refractivity contribution in [2.24, 2.45) is 12.5 Å². The minimum Gasteiger partial charge on any atom is -0.497 e. The van der Waals surface area contributed by atoms with Gasteiger partial charge in [0.05, 0.1) is 54.6 Å². The summed E-state index contributed by atoms with van der Waals surface area (Å²) < 4.78 is 12.1. The summed E-state index contributed by atoms with van der Waals surface area (Å²) in [5.41, 5.74) is 11.0. The number of nitrogens with one attached hydrogen (secondary N) is 4. The zero-order valence-corrected chi connectivity index (χ0v) is 63.8. The second kappa shape index (κ2) is 36.8. The molecule has 0 spiro atoms. The van der Waals surface area contributed by atoms with E-state index < -0.39 is 11.9 Å². The molecular formula is C82H81ClN10O10S4. The molecule has 0 saturated carbocycles. The zero-order chi connectivity index (χ0) is 75.6. The number of aryl methyl sites for hydroxylation is 1. The molecule has 3 aliphatic carbocycles. The summed E-state index contributed by atoms with van der Waals surface area (Å²) in [7, 11) is 4.92. The molecule has 1 aliphatic heterocycles. The number of hydrogen-bond acceptors (Lipinski definition) is 17. The van der Waals surface area contributed by atoms with Gasteiger partial charge in [-0.1, -0.05) is 164 Å². The minimum atomic E-state index is -1.03. The van der Waals surface area contributed by atoms with E-state index in [1.54, 1.807) is 79.2 Å². The Hall–Kier alpha value is -10.4. The first-order chi connectivity index (χ1) is 51.7. The van der Waals surface area contributed by atoms with Crippen LogP contribution in [0.2, 0.25) is 5.02 Å². The largest absolute Gasteiger partial charge is 0.497 e. The smallest absolute Gasteiger partial charge is 0.341 e. The Kier molecular flexibility index (Phi) is 26.7. The number of nitrogens with zero attached hydrogens (tertiary/aromatic N) is 6. The van der Waals surface area contributed by atoms with Crippen LogP contribution in [0.5, 0.6) is 5.75 Å². The number of amides is 2. The first kappa shape index (κ1) is 77.7. The fourth-order valence-corrected chi connectivity index (χ4v) is 16.6. The third-order valence-corrected chi connectivity index (χ3v) is 22.0. The number of carbonyl (C=O) groups is 6. The number of halogens is 1. The van der Waals surface area contributed by atoms with Crippen LogP contribution in [-0.2, 0) is 59.4 Å². The molecule has 25 heteroatoms. The first-order valence-electron chi connectivity index (χ1n) is 35.0. The number of allylic oxidation sites excluding steroid dienone is 2. The highest BCUT2D eigenvalue weighted by Gasteiger charge is 2.42. The number of anilines is 2. The van der Waals surface area contributed by atoms with Crippen LogP contribution in [0.25, 0.3) is 11.4 Å². The van der Waals surface area contributed by atoms with Crippen LogP contribution in [0.3, 0.4) is 0 Å². The molecule has 14 rings (SSSR count). The van der Waals surface area contributed by atoms with E-state index in [0.717, 1.165) is 107 Å². The molecule has 10 aromatic rings. The maximum absolute atomic E-state index is 13.4. The predicted molar refractivity (Wildman–Crippen MR) is 424 cm³/mol. The van der Waals surface area contributed by atoms with Gasteiger partial charge >= 0.3 is 11.9 Å². The van der Waals surface area contributed by atoms with Crippen molar-refractivity contribution in [1.29, 1.82) is 0 Å². The van der Waals surface area contributed by atoms with Gasteiger partial charge in [0.25, 0.3) is 11.5 Å². The summed E-state index contributed by atoms with van der Waals surface area (Å²) >= 11 is 15.7. The number of H-pyrrole nitrogens is 1. The molecule has 0 radical (unpaired) electrons. The number of aromatic carboxylic acids is 1. The highest BCUT2D eigenvalue weighted by molar-refractivity contribution is 7.99. The van der Waals surface area contributed by atoms with Gasteiger partial charge in [-0.25, -0.2) is 14.6 Å². The monoisotopic (exact) mass is 1530 g/mol. The Morgan fingerprint density at radius 2 is 1.50 bits per heavy atom. The lowest BCUT2D eigenvalue weighted by Crippen LogP contribution is -2.36. The molecule has 4 aliphatic rings. The highest BCUT2D eigenvalue weighted by Crippen LogP contribution is 2.48. The van der Waals surface area contributed by atoms with E-state index >= 15 is 0 Å². The Labute approximate surface area is 643 Å². The number of esters is 1. The van der Waals surface area contributed by atoms with E-state index in [1.807, 2.05) is 120 Å². The number of carboxylic acid groups (broad SMARTS) is 1. The van der Waals surface area contributed by atoms with E-state index in [9.17, 15) is 33.6 Å². The molecule has 1 atom stereocenters. The van der Waals surface area contributed by atoms with Crippen molar-refractivity contribution >= 4 is 110 Å². The molecule has 0 bridgehead atoms. The molecule has 1 saturated heterocycles. The molecule has 550 valence electrons. The van der Waals surface area contributed by atoms with E-state index in [4.69, 9.17) is 43.4 Å². The average Bonchev–Trinajstić information content (AvgIpc) is 1.60. The summed E-state index contributed by atoms with van der Waals surface area (Å²) in [4.78, 5) is 102. The normalized spacial score (nSPS) is 14.5. The van der Waals surface area contributed by atoms with E-state index in [-0.39, 0.29) is 52.3 Å². The molecular weight excluding hydrogens is 1450 g/mol. The molecule has 6 aromatic carbocycles. The van der Waals surface area contributed by atoms with E-state index in [0.29, 0.717) is 84.9 Å². The number of aromatic amines is 1. The van der Waals surface area contributed by atoms with Crippen molar-refractivity contribution < 1.29 is 43.3 Å². The number of thioether (sulfide) groups is 2. The van der Waals surface area contributed by atoms with Crippen molar-refractivity contribution in [1.82, 2.24) is 39.9 Å². The maximum atomic E-state index is 13.4. The Balaban J connectivity index is 0.000000146. The number of fused-ring (bicyclic) bond motifs is 2. The van der Waals surface area contributed by atoms with Gasteiger partial charge in [-0.15, -0.1) is 21.5 Å². The number of Topliss-reactive ketones (excluding diaryl/α,β-unsaturated/α-hetero) is 2. The van der Waals surface area contributed by atoms with Crippen LogP contribution < -0.4 is 26.2 Å². The highest BCUT2D eigenvalue weighted by atomic mass is 35.5. The Bertz CT molecular complexity index is 4970. The Morgan fingerprint density at radius 3 is 2.21 bits per heavy atom. The molecule has 20 nitrogen and oxygen atoms in total. The van der Waals surface area contributed by atoms with Gasteiger partial charge in [0.15, 0.2) is 32.8 Å². The second-order valence-corrected chi connectivity index (χ2v) is 30.5. The molecule has 1 unspecified atom stereocenters. The lowest BCUT2D eigenvalue weighted by atomic mass is 9.65. The van der Waals surface area contributed by atoms with Crippen LogP contribution in [0.1, 0.15) is 144 Å². The number of likely N-dealkylation sites (tertiary alicyclic amines) is 1. The van der Waals surface area contributed by atoms with Crippen molar-refractivity contribution in [2.45, 2.75) is 107 Å². The zero-order valence-electron chi connectivity index (χ0n) is 59.8. The molecule has 5 N–H and O–H groups in total. The number of methoxy groups -OCH3 is 2. The molecule has 1 fully saturated rings. The van der Waals surface area contributed by atoms with Gasteiger partial charge in [0.2, 0.25) is 5.91 Å². The number of ketones is 2. The van der Waals surface area contributed by atoms with E-state index in [1.165, 1.54) is 53.6 Å². The summed E-state index contributed by atoms with van der Waals surface area (Å²) in [6, 6.07) is 53.2. The number of thiophene rings is 1. The number of carbonyl (C=O) groups excluding carboxylic acids is 5. The minimum absolute atomic E-state index is 0.0445. The topological polar surface area (TPSA) is 270 Å². The van der Waals surface area contributed by atoms with Crippen molar-refractivity contribution in [2.75, 3.05) is 43.7 Å². The number of carboxylic acids is 1. The van der Waals surface area contributed by atoms with Crippen molar-refractivity contribution in [3.8, 4) is 17.1 Å². The van der Waals surface area contributed by atoms with Gasteiger partial charge in [0, 0.05) is 95.1 Å². The third-order valence-electron chi connectivity index (χ3n) is 18.4. The number of thiocarbonyl (C=S) groups is 1. The van der Waals surface area contributed by atoms with Gasteiger partial charge in [-0.05, 0) is 152 Å². The standard InChI is InChI=1S/C28H28N2O3S.C23H25N5O2S.C16H17N3O2S2.C15H11ClO3/c1-28(2)14-19-13-21-25(26(32)30-27(29-21)34-16-17-7-5-4-6-8-17)24(23(19)22(31)15-28)18-9-11-20(33-3)12-10-18;1-27-21(25-26-23(27)31-16-20(29)28-13-6-3-7-14-28)18-11-8-12-19(15-18)24-22(30)17-9-4-2-5-10-17;1-21-15(20)13-11-6-4-7-12(11)23-14(13)19-16(22)18-9-10-5-2-3-8-17-10;16-12-6-3-5-11(8-12)14(17)9-10-4-1-2-7-13(10)15(18)19/h4-12,24H,13-16H2,1-3H3,(H,29,30,32);2,4-5,8-12,15H,3,6-7,13-14,16H2,1H3,(H,24,30);2-3,5,8H,4,6-7,9H2,1H3,(H2,18,19,22);1-8H,9H2,(H,18,19). The number of piperidine rings is 1. The average molecular weight is 1530 g/mol. The van der Waals surface area contributed by atoms with Gasteiger partial charge in [-0.3, -0.25) is 29.0 Å². The lowest BCUT2D eigenvalue weighted by molar-refractivity contribution is -0.129. The molecule has 107 heavy (non-hydrogen) atoms. The summed E-state index contributed by atoms with van der Waals surface area (Å²) in [5, 5.41) is 29.8. The van der Waals surface area contributed by atoms with Gasteiger partial charge in [0.1, 0.15) is 10.8 Å². The fraction of sp³-hybridized carbons (Fsp3) is 0.268. The lowest BCUT2D eigenvalue weighted by Gasteiger charge is -2.38. The SMILES string of the molecule is COC(=O)c1c(NC(=S)NCc2ccccn2)sc2c1CCC2.COc1ccc(C2C3=C(Cc4nc(SCc5ccccc5)[nH]c(=O)c42)CC(C)(C)CC3=O)cc1.Cn1c(SCC(=O)N2CCCCC2)nnc1-c1cccc(NC(=O)c2ccccc2)c1.O=C(Cc1ccccc1C(=O)O)c1cccc(Cl)c1. The quantitative estimate of drug-likeness (QED) is 0.0165. The van der Waals surface area contributed by atoms with E-state index in [2.05, 4.69) is 62.1 Å². The van der Waals surface area contributed by atoms with Crippen LogP contribution in [0.15, 0.2) is 208 Å². The van der Waals surface area contributed by atoms with Crippen LogP contribution in [0.4, 0.5) is 10.7 Å². The van der Waals surface area contributed by atoms with Gasteiger partial charge < -0.3 is 45.0 Å². The number of hydrogen-bond donors (Lipinski definition) is 5. The molecule has 2 amide bonds. The van der Waals surface area contributed by atoms with Crippen LogP contribution >= 0.6 is 58.7 Å². The number of ether oxygens (including phenoxy) is 2. The fourth-order valence-electron chi connectivity index (χ4n) is 13.2. The Morgan fingerprint density at radius 1 is 0.776 bits per heavy atom.